The first kappa shape index (κ1) is 17.3. The van der Waals surface area contributed by atoms with Crippen molar-refractivity contribution in [1.29, 1.82) is 0 Å². The van der Waals surface area contributed by atoms with E-state index in [9.17, 15) is 13.2 Å². The van der Waals surface area contributed by atoms with Gasteiger partial charge >= 0.3 is 5.97 Å². The van der Waals surface area contributed by atoms with Crippen LogP contribution in [-0.2, 0) is 14.8 Å². The predicted octanol–water partition coefficient (Wildman–Crippen LogP) is 1.50. The summed E-state index contributed by atoms with van der Waals surface area (Å²) in [5.74, 6) is 1.88. The average Bonchev–Trinajstić information content (AvgIpc) is 2.71. The molecule has 0 fully saturated rings. The first-order chi connectivity index (χ1) is 9.85. The van der Waals surface area contributed by atoms with E-state index in [1.807, 2.05) is 0 Å². The zero-order chi connectivity index (χ0) is 16.0. The highest BCUT2D eigenvalue weighted by Crippen LogP contribution is 2.23. The summed E-state index contributed by atoms with van der Waals surface area (Å²) in [4.78, 5) is 14.6. The molecule has 0 bridgehead atoms. The Balaban J connectivity index is 3.02. The van der Waals surface area contributed by atoms with Crippen molar-refractivity contribution in [3.05, 3.63) is 17.0 Å². The van der Waals surface area contributed by atoms with E-state index < -0.39 is 16.0 Å². The van der Waals surface area contributed by atoms with Crippen molar-refractivity contribution >= 4 is 16.0 Å². The Labute approximate surface area is 125 Å². The van der Waals surface area contributed by atoms with E-state index in [-0.39, 0.29) is 23.7 Å². The van der Waals surface area contributed by atoms with Crippen LogP contribution in [0, 0.1) is 26.2 Å². The second-order valence-corrected chi connectivity index (χ2v) is 6.21. The minimum atomic E-state index is -3.69. The number of terminal acetylenes is 1. The molecular weight excluding hydrogens is 292 g/mol. The van der Waals surface area contributed by atoms with Gasteiger partial charge in [0.05, 0.1) is 6.61 Å². The lowest BCUT2D eigenvalue weighted by Crippen LogP contribution is -2.25. The van der Waals surface area contributed by atoms with Crippen molar-refractivity contribution in [2.24, 2.45) is 0 Å². The number of ether oxygens (including phenoxy) is 1. The predicted molar refractivity (Wildman–Crippen MR) is 79.5 cm³/mol. The van der Waals surface area contributed by atoms with Crippen LogP contribution in [0.4, 0.5) is 0 Å². The third-order valence-electron chi connectivity index (χ3n) is 2.91. The van der Waals surface area contributed by atoms with E-state index in [0.29, 0.717) is 24.1 Å². The van der Waals surface area contributed by atoms with Gasteiger partial charge in [0.1, 0.15) is 10.6 Å². The van der Waals surface area contributed by atoms with Crippen LogP contribution in [0.3, 0.4) is 0 Å². The van der Waals surface area contributed by atoms with Gasteiger partial charge in [0.25, 0.3) is 0 Å². The number of aryl methyl sites for hydroxylation is 1. The number of nitrogens with one attached hydrogen (secondary N) is 2. The molecule has 0 amide bonds. The van der Waals surface area contributed by atoms with Gasteiger partial charge in [-0.2, -0.15) is 0 Å². The van der Waals surface area contributed by atoms with Crippen molar-refractivity contribution < 1.29 is 17.9 Å². The van der Waals surface area contributed by atoms with Gasteiger partial charge in [0.15, 0.2) is 0 Å². The van der Waals surface area contributed by atoms with Gasteiger partial charge in [-0.25, -0.2) is 17.9 Å². The van der Waals surface area contributed by atoms with Gasteiger partial charge in [0.2, 0.25) is 10.0 Å². The number of carbonyl (C=O) groups excluding carboxylic acids is 1. The molecule has 0 saturated heterocycles. The Morgan fingerprint density at radius 2 is 2.10 bits per heavy atom. The maximum absolute atomic E-state index is 12.3. The topological polar surface area (TPSA) is 88.3 Å². The Morgan fingerprint density at radius 1 is 1.43 bits per heavy atom. The quantitative estimate of drug-likeness (QED) is 0.454. The minimum absolute atomic E-state index is 0.0891. The van der Waals surface area contributed by atoms with Crippen molar-refractivity contribution in [2.75, 3.05) is 13.2 Å². The molecule has 6 nitrogen and oxygen atoms in total. The van der Waals surface area contributed by atoms with E-state index in [2.05, 4.69) is 15.6 Å². The summed E-state index contributed by atoms with van der Waals surface area (Å²) in [6.45, 7) is 5.35. The number of carbonyl (C=O) groups is 1. The van der Waals surface area contributed by atoms with Crippen LogP contribution >= 0.6 is 0 Å². The van der Waals surface area contributed by atoms with Crippen LogP contribution in [0.1, 0.15) is 41.5 Å². The SMILES string of the molecule is C#CCCCNS(=O)(=O)c1c(C)[nH]c(C(=O)OCC)c1C. The van der Waals surface area contributed by atoms with Crippen molar-refractivity contribution in [1.82, 2.24) is 9.71 Å². The Hall–Kier alpha value is -1.78. The molecule has 21 heavy (non-hydrogen) atoms. The molecule has 1 heterocycles. The number of esters is 1. The highest BCUT2D eigenvalue weighted by atomic mass is 32.2. The summed E-state index contributed by atoms with van der Waals surface area (Å²) < 4.78 is 32.0. The van der Waals surface area contributed by atoms with Crippen LogP contribution < -0.4 is 4.72 Å². The lowest BCUT2D eigenvalue weighted by Gasteiger charge is -2.07. The number of rotatable bonds is 7. The molecule has 0 radical (unpaired) electrons. The summed E-state index contributed by atoms with van der Waals surface area (Å²) in [5, 5.41) is 0. The maximum Gasteiger partial charge on any atom is 0.355 e. The lowest BCUT2D eigenvalue weighted by molar-refractivity contribution is 0.0519. The number of sulfonamides is 1. The number of hydrogen-bond donors (Lipinski definition) is 2. The van der Waals surface area contributed by atoms with Crippen LogP contribution in [0.5, 0.6) is 0 Å². The number of unbranched alkanes of at least 4 members (excludes halogenated alkanes) is 1. The molecule has 0 spiro atoms. The smallest absolute Gasteiger partial charge is 0.355 e. The fraction of sp³-hybridized carbons (Fsp3) is 0.500. The van der Waals surface area contributed by atoms with Gasteiger partial charge in [-0.1, -0.05) is 0 Å². The molecule has 1 rings (SSSR count). The van der Waals surface area contributed by atoms with E-state index in [0.717, 1.165) is 0 Å². The van der Waals surface area contributed by atoms with Gasteiger partial charge in [-0.3, -0.25) is 0 Å². The van der Waals surface area contributed by atoms with Crippen LogP contribution in [-0.4, -0.2) is 32.5 Å². The number of H-pyrrole nitrogens is 1. The lowest BCUT2D eigenvalue weighted by atomic mass is 10.2. The van der Waals surface area contributed by atoms with Crippen LogP contribution in [0.25, 0.3) is 0 Å². The average molecular weight is 312 g/mol. The Bertz CT molecular complexity index is 653. The maximum atomic E-state index is 12.3. The highest BCUT2D eigenvalue weighted by molar-refractivity contribution is 7.89. The van der Waals surface area contributed by atoms with Crippen molar-refractivity contribution in [3.8, 4) is 12.3 Å². The minimum Gasteiger partial charge on any atom is -0.461 e. The molecule has 0 unspecified atom stereocenters. The largest absolute Gasteiger partial charge is 0.461 e. The summed E-state index contributed by atoms with van der Waals surface area (Å²) in [7, 11) is -3.69. The standard InChI is InChI=1S/C14H20N2O4S/c1-5-7-8-9-15-21(18,19)13-10(3)12(16-11(13)4)14(17)20-6-2/h1,15-16H,6-9H2,2-4H3. The van der Waals surface area contributed by atoms with Crippen LogP contribution in [0.15, 0.2) is 4.90 Å². The monoisotopic (exact) mass is 312 g/mol. The van der Waals surface area contributed by atoms with Crippen molar-refractivity contribution in [2.45, 2.75) is 38.5 Å². The Kier molecular flexibility index (Phi) is 6.00. The molecular formula is C14H20N2O4S. The first-order valence-electron chi connectivity index (χ1n) is 6.64. The summed E-state index contributed by atoms with van der Waals surface area (Å²) in [6.07, 6.45) is 6.18. The molecule has 7 heteroatoms. The zero-order valence-corrected chi connectivity index (χ0v) is 13.3. The van der Waals surface area contributed by atoms with Gasteiger partial charge < -0.3 is 9.72 Å². The molecule has 116 valence electrons. The second-order valence-electron chi connectivity index (χ2n) is 4.51. The summed E-state index contributed by atoms with van der Waals surface area (Å²) in [6, 6.07) is 0. The molecule has 0 aliphatic rings. The van der Waals surface area contributed by atoms with Gasteiger partial charge in [0, 0.05) is 24.2 Å². The van der Waals surface area contributed by atoms with E-state index in [1.165, 1.54) is 0 Å². The first-order valence-corrected chi connectivity index (χ1v) is 8.12. The molecule has 0 aliphatic heterocycles. The van der Waals surface area contributed by atoms with E-state index in [1.54, 1.807) is 20.8 Å². The zero-order valence-electron chi connectivity index (χ0n) is 12.4. The third kappa shape index (κ3) is 4.09. The number of hydrogen-bond acceptors (Lipinski definition) is 4. The van der Waals surface area contributed by atoms with Gasteiger partial charge in [-0.05, 0) is 27.2 Å². The van der Waals surface area contributed by atoms with E-state index in [4.69, 9.17) is 11.2 Å². The third-order valence-corrected chi connectivity index (χ3v) is 4.64. The second kappa shape index (κ2) is 7.29. The molecule has 0 aromatic carbocycles. The fourth-order valence-corrected chi connectivity index (χ4v) is 3.53. The summed E-state index contributed by atoms with van der Waals surface area (Å²) >= 11 is 0. The van der Waals surface area contributed by atoms with Gasteiger partial charge in [-0.15, -0.1) is 12.3 Å². The highest BCUT2D eigenvalue weighted by Gasteiger charge is 2.26. The number of aromatic nitrogens is 1. The number of aromatic amines is 1. The van der Waals surface area contributed by atoms with E-state index >= 15 is 0 Å². The molecule has 0 aliphatic carbocycles. The molecule has 0 saturated carbocycles. The normalized spacial score (nSPS) is 11.1. The van der Waals surface area contributed by atoms with Crippen LogP contribution in [0.2, 0.25) is 0 Å². The fourth-order valence-electron chi connectivity index (χ4n) is 2.01. The van der Waals surface area contributed by atoms with Crippen molar-refractivity contribution in [3.63, 3.8) is 0 Å². The molecule has 0 atom stereocenters. The summed E-state index contributed by atoms with van der Waals surface area (Å²) in [5.41, 5.74) is 0.925. The molecule has 1 aromatic rings. The Morgan fingerprint density at radius 3 is 2.67 bits per heavy atom. The molecule has 2 N–H and O–H groups in total. The molecule has 1 aromatic heterocycles.